The van der Waals surface area contributed by atoms with E-state index < -0.39 is 0 Å². The third-order valence-electron chi connectivity index (χ3n) is 3.14. The lowest BCUT2D eigenvalue weighted by atomic mass is 10.0. The molecule has 0 saturated heterocycles. The monoisotopic (exact) mass is 307 g/mol. The highest BCUT2D eigenvalue weighted by Gasteiger charge is 2.08. The highest BCUT2D eigenvalue weighted by molar-refractivity contribution is 6.35. The highest BCUT2D eigenvalue weighted by Crippen LogP contribution is 2.25. The second-order valence-corrected chi connectivity index (χ2v) is 5.61. The Hall–Kier alpha value is -1.51. The molecule has 0 aliphatic heterocycles. The first-order valence-corrected chi connectivity index (χ1v) is 7.02. The summed E-state index contributed by atoms with van der Waals surface area (Å²) in [7, 11) is 0. The van der Waals surface area contributed by atoms with Crippen molar-refractivity contribution in [1.82, 2.24) is 0 Å². The lowest BCUT2D eigenvalue weighted by molar-refractivity contribution is -0.115. The summed E-state index contributed by atoms with van der Waals surface area (Å²) < 4.78 is 0. The van der Waals surface area contributed by atoms with Gasteiger partial charge in [0, 0.05) is 5.02 Å². The molecule has 0 radical (unpaired) electrons. The third-order valence-corrected chi connectivity index (χ3v) is 3.70. The van der Waals surface area contributed by atoms with Crippen molar-refractivity contribution in [3.05, 3.63) is 63.1 Å². The molecule has 0 aliphatic carbocycles. The van der Waals surface area contributed by atoms with Crippen LogP contribution in [0, 0.1) is 13.8 Å². The Bertz CT molecular complexity index is 653. The van der Waals surface area contributed by atoms with Crippen molar-refractivity contribution in [1.29, 1.82) is 0 Å². The third kappa shape index (κ3) is 3.75. The zero-order valence-electron chi connectivity index (χ0n) is 11.3. The maximum atomic E-state index is 12.0. The molecule has 0 heterocycles. The largest absolute Gasteiger partial charge is 0.324 e. The van der Waals surface area contributed by atoms with E-state index in [-0.39, 0.29) is 5.91 Å². The van der Waals surface area contributed by atoms with Gasteiger partial charge in [0.15, 0.2) is 0 Å². The van der Waals surface area contributed by atoms with Crippen LogP contribution in [0.3, 0.4) is 0 Å². The van der Waals surface area contributed by atoms with E-state index in [1.54, 1.807) is 18.2 Å². The Kier molecular flexibility index (Phi) is 4.69. The van der Waals surface area contributed by atoms with E-state index in [9.17, 15) is 4.79 Å². The first-order valence-electron chi connectivity index (χ1n) is 6.27. The van der Waals surface area contributed by atoms with E-state index in [0.717, 1.165) is 5.56 Å². The molecule has 0 bridgehead atoms. The zero-order chi connectivity index (χ0) is 14.7. The Morgan fingerprint density at radius 1 is 1.05 bits per heavy atom. The van der Waals surface area contributed by atoms with Gasteiger partial charge in [0.1, 0.15) is 0 Å². The lowest BCUT2D eigenvalue weighted by Crippen LogP contribution is -2.14. The number of carbonyl (C=O) groups is 1. The summed E-state index contributed by atoms with van der Waals surface area (Å²) in [5.41, 5.74) is 3.90. The summed E-state index contributed by atoms with van der Waals surface area (Å²) >= 11 is 11.9. The van der Waals surface area contributed by atoms with Gasteiger partial charge in [-0.15, -0.1) is 0 Å². The maximum absolute atomic E-state index is 12.0. The molecule has 1 amide bonds. The Morgan fingerprint density at radius 2 is 1.80 bits per heavy atom. The molecule has 20 heavy (non-hydrogen) atoms. The van der Waals surface area contributed by atoms with E-state index in [2.05, 4.69) is 5.32 Å². The number of amides is 1. The molecule has 2 aromatic carbocycles. The zero-order valence-corrected chi connectivity index (χ0v) is 12.8. The second-order valence-electron chi connectivity index (χ2n) is 4.77. The predicted molar refractivity (Wildman–Crippen MR) is 84.7 cm³/mol. The second kappa shape index (κ2) is 6.29. The van der Waals surface area contributed by atoms with Crippen LogP contribution in [-0.2, 0) is 11.2 Å². The SMILES string of the molecule is Cc1ccc(CC(=O)Nc2cc(Cl)ccc2Cl)cc1C. The molecular weight excluding hydrogens is 293 g/mol. The molecule has 104 valence electrons. The molecule has 0 fully saturated rings. The van der Waals surface area contributed by atoms with Gasteiger partial charge in [-0.25, -0.2) is 0 Å². The first kappa shape index (κ1) is 14.9. The van der Waals surface area contributed by atoms with Gasteiger partial charge in [0.05, 0.1) is 17.1 Å². The number of anilines is 1. The summed E-state index contributed by atoms with van der Waals surface area (Å²) in [5, 5.41) is 3.79. The van der Waals surface area contributed by atoms with E-state index >= 15 is 0 Å². The van der Waals surface area contributed by atoms with Crippen LogP contribution in [0.5, 0.6) is 0 Å². The average molecular weight is 308 g/mol. The van der Waals surface area contributed by atoms with Crippen LogP contribution < -0.4 is 5.32 Å². The Morgan fingerprint density at radius 3 is 2.50 bits per heavy atom. The summed E-state index contributed by atoms with van der Waals surface area (Å²) in [6.07, 6.45) is 0.309. The highest BCUT2D eigenvalue weighted by atomic mass is 35.5. The number of nitrogens with one attached hydrogen (secondary N) is 1. The van der Waals surface area contributed by atoms with E-state index in [4.69, 9.17) is 23.2 Å². The van der Waals surface area contributed by atoms with Crippen LogP contribution in [0.2, 0.25) is 10.0 Å². The minimum atomic E-state index is -0.114. The molecule has 0 atom stereocenters. The van der Waals surface area contributed by atoms with Crippen molar-refractivity contribution in [3.8, 4) is 0 Å². The van der Waals surface area contributed by atoms with Crippen LogP contribution in [0.25, 0.3) is 0 Å². The molecule has 0 saturated carbocycles. The number of hydrogen-bond donors (Lipinski definition) is 1. The molecule has 0 aliphatic rings. The van der Waals surface area contributed by atoms with Crippen molar-refractivity contribution in [2.75, 3.05) is 5.32 Å². The van der Waals surface area contributed by atoms with Crippen LogP contribution >= 0.6 is 23.2 Å². The normalized spacial score (nSPS) is 10.4. The number of rotatable bonds is 3. The molecule has 0 unspecified atom stereocenters. The van der Waals surface area contributed by atoms with Gasteiger partial charge in [-0.05, 0) is 48.7 Å². The quantitative estimate of drug-likeness (QED) is 0.867. The minimum Gasteiger partial charge on any atom is -0.324 e. The van der Waals surface area contributed by atoms with E-state index in [1.807, 2.05) is 32.0 Å². The topological polar surface area (TPSA) is 29.1 Å². The van der Waals surface area contributed by atoms with Gasteiger partial charge >= 0.3 is 0 Å². The lowest BCUT2D eigenvalue weighted by Gasteiger charge is -2.09. The number of carbonyl (C=O) groups excluding carboxylic acids is 1. The molecule has 4 heteroatoms. The average Bonchev–Trinajstić information content (AvgIpc) is 2.38. The fourth-order valence-electron chi connectivity index (χ4n) is 1.89. The smallest absolute Gasteiger partial charge is 0.228 e. The maximum Gasteiger partial charge on any atom is 0.228 e. The number of halogens is 2. The summed E-state index contributed by atoms with van der Waals surface area (Å²) in [5.74, 6) is -0.114. The molecule has 0 spiro atoms. The molecule has 0 aromatic heterocycles. The molecular formula is C16H15Cl2NO. The molecule has 2 nitrogen and oxygen atoms in total. The minimum absolute atomic E-state index is 0.114. The van der Waals surface area contributed by atoms with Crippen LogP contribution in [0.15, 0.2) is 36.4 Å². The van der Waals surface area contributed by atoms with Gasteiger partial charge in [-0.2, -0.15) is 0 Å². The standard InChI is InChI=1S/C16H15Cl2NO/c1-10-3-4-12(7-11(10)2)8-16(20)19-15-9-13(17)5-6-14(15)18/h3-7,9H,8H2,1-2H3,(H,19,20). The van der Waals surface area contributed by atoms with Crippen molar-refractivity contribution >= 4 is 34.8 Å². The predicted octanol–water partition coefficient (Wildman–Crippen LogP) is 4.79. The van der Waals surface area contributed by atoms with E-state index in [1.165, 1.54) is 11.1 Å². The van der Waals surface area contributed by atoms with Gasteiger partial charge in [0.25, 0.3) is 0 Å². The van der Waals surface area contributed by atoms with Crippen molar-refractivity contribution in [2.24, 2.45) is 0 Å². The van der Waals surface area contributed by atoms with Gasteiger partial charge in [-0.3, -0.25) is 4.79 Å². The fraction of sp³-hybridized carbons (Fsp3) is 0.188. The number of hydrogen-bond acceptors (Lipinski definition) is 1. The van der Waals surface area contributed by atoms with E-state index in [0.29, 0.717) is 22.2 Å². The molecule has 1 N–H and O–H groups in total. The summed E-state index contributed by atoms with van der Waals surface area (Å²) in [6.45, 7) is 4.08. The van der Waals surface area contributed by atoms with Crippen molar-refractivity contribution in [2.45, 2.75) is 20.3 Å². The summed E-state index contributed by atoms with van der Waals surface area (Å²) in [4.78, 5) is 12.0. The van der Waals surface area contributed by atoms with Crippen molar-refractivity contribution in [3.63, 3.8) is 0 Å². The number of aryl methyl sites for hydroxylation is 2. The van der Waals surface area contributed by atoms with Gasteiger partial charge in [0.2, 0.25) is 5.91 Å². The van der Waals surface area contributed by atoms with Crippen LogP contribution in [-0.4, -0.2) is 5.91 Å². The number of benzene rings is 2. The van der Waals surface area contributed by atoms with Crippen LogP contribution in [0.4, 0.5) is 5.69 Å². The van der Waals surface area contributed by atoms with Crippen LogP contribution in [0.1, 0.15) is 16.7 Å². The fourth-order valence-corrected chi connectivity index (χ4v) is 2.22. The first-order chi connectivity index (χ1) is 9.45. The Balaban J connectivity index is 2.09. The summed E-state index contributed by atoms with van der Waals surface area (Å²) in [6, 6.07) is 11.0. The van der Waals surface area contributed by atoms with Crippen molar-refractivity contribution < 1.29 is 4.79 Å². The molecule has 2 rings (SSSR count). The Labute approximate surface area is 128 Å². The molecule has 2 aromatic rings. The van der Waals surface area contributed by atoms with Gasteiger partial charge in [-0.1, -0.05) is 41.4 Å². The van der Waals surface area contributed by atoms with Gasteiger partial charge < -0.3 is 5.32 Å².